The van der Waals surface area contributed by atoms with E-state index in [0.29, 0.717) is 11.8 Å². The van der Waals surface area contributed by atoms with Gasteiger partial charge in [0.05, 0.1) is 11.6 Å². The van der Waals surface area contributed by atoms with Crippen LogP contribution in [0, 0.1) is 11.3 Å². The predicted molar refractivity (Wildman–Crippen MR) is 138 cm³/mol. The Balaban J connectivity index is 1.02. The van der Waals surface area contributed by atoms with Crippen LogP contribution in [0.3, 0.4) is 0 Å². The number of hydrogen-bond donors (Lipinski definition) is 0. The van der Waals surface area contributed by atoms with Crippen molar-refractivity contribution in [1.29, 1.82) is 0 Å². The Bertz CT molecular complexity index is 996. The second-order valence-electron chi connectivity index (χ2n) is 11.3. The van der Waals surface area contributed by atoms with E-state index < -0.39 is 0 Å². The maximum absolute atomic E-state index is 13.2. The minimum absolute atomic E-state index is 0.0145. The number of benzene rings is 1. The Morgan fingerprint density at radius 2 is 1.69 bits per heavy atom. The van der Waals surface area contributed by atoms with Gasteiger partial charge in [-0.15, -0.1) is 0 Å². The second-order valence-corrected chi connectivity index (χ2v) is 11.3. The summed E-state index contributed by atoms with van der Waals surface area (Å²) in [6, 6.07) is 8.94. The Kier molecular flexibility index (Phi) is 6.57. The number of ether oxygens (including phenoxy) is 1. The molecule has 0 radical (unpaired) electrons. The van der Waals surface area contributed by atoms with Crippen LogP contribution in [0.5, 0.6) is 0 Å². The van der Waals surface area contributed by atoms with Crippen LogP contribution >= 0.6 is 0 Å². The molecule has 1 aromatic carbocycles. The summed E-state index contributed by atoms with van der Waals surface area (Å²) in [6.45, 7) is 4.95. The second kappa shape index (κ2) is 9.96. The maximum Gasteiger partial charge on any atom is 0.228 e. The van der Waals surface area contributed by atoms with Crippen molar-refractivity contribution in [3.63, 3.8) is 0 Å². The van der Waals surface area contributed by atoms with Crippen LogP contribution in [0.4, 0.5) is 5.69 Å². The minimum Gasteiger partial charge on any atom is -0.372 e. The summed E-state index contributed by atoms with van der Waals surface area (Å²) >= 11 is 0. The summed E-state index contributed by atoms with van der Waals surface area (Å²) in [5, 5.41) is 4.57. The van der Waals surface area contributed by atoms with Gasteiger partial charge in [0, 0.05) is 50.2 Å². The molecule has 4 heterocycles. The van der Waals surface area contributed by atoms with Crippen LogP contribution in [0.25, 0.3) is 11.1 Å². The van der Waals surface area contributed by atoms with Gasteiger partial charge in [-0.2, -0.15) is 5.10 Å². The molecule has 4 aliphatic rings. The lowest BCUT2D eigenvalue weighted by molar-refractivity contribution is -0.138. The van der Waals surface area contributed by atoms with Crippen LogP contribution in [-0.4, -0.2) is 53.4 Å². The number of carbonyl (C=O) groups excluding carboxylic acids is 1. The molecule has 35 heavy (non-hydrogen) atoms. The van der Waals surface area contributed by atoms with E-state index >= 15 is 0 Å². The van der Waals surface area contributed by atoms with Crippen molar-refractivity contribution < 1.29 is 9.53 Å². The summed E-state index contributed by atoms with van der Waals surface area (Å²) in [7, 11) is 0. The molecule has 0 bridgehead atoms. The zero-order chi connectivity index (χ0) is 23.7. The van der Waals surface area contributed by atoms with Crippen molar-refractivity contribution in [2.24, 2.45) is 11.3 Å². The molecule has 1 unspecified atom stereocenters. The number of hydrogen-bond acceptors (Lipinski definition) is 4. The lowest BCUT2D eigenvalue weighted by Gasteiger charge is -2.36. The summed E-state index contributed by atoms with van der Waals surface area (Å²) in [5.41, 5.74) is 3.67. The van der Waals surface area contributed by atoms with E-state index in [0.717, 1.165) is 70.5 Å². The third-order valence-corrected chi connectivity index (χ3v) is 9.12. The molecule has 1 aliphatic carbocycles. The van der Waals surface area contributed by atoms with E-state index in [1.165, 1.54) is 49.8 Å². The van der Waals surface area contributed by atoms with Crippen molar-refractivity contribution in [2.75, 3.05) is 37.7 Å². The number of nitrogens with zero attached hydrogens (tertiary/aromatic N) is 4. The molecule has 2 aromatic rings. The van der Waals surface area contributed by atoms with E-state index in [2.05, 4.69) is 45.4 Å². The van der Waals surface area contributed by atoms with Crippen molar-refractivity contribution >= 4 is 11.6 Å². The van der Waals surface area contributed by atoms with E-state index in [9.17, 15) is 4.79 Å². The van der Waals surface area contributed by atoms with Gasteiger partial charge < -0.3 is 14.5 Å². The highest BCUT2D eigenvalue weighted by molar-refractivity contribution is 5.85. The molecule has 188 valence electrons. The fourth-order valence-corrected chi connectivity index (χ4v) is 6.89. The smallest absolute Gasteiger partial charge is 0.228 e. The normalized spacial score (nSPS) is 25.5. The highest BCUT2D eigenvalue weighted by atomic mass is 16.5. The van der Waals surface area contributed by atoms with E-state index in [4.69, 9.17) is 4.74 Å². The number of rotatable bonds is 5. The first kappa shape index (κ1) is 23.1. The van der Waals surface area contributed by atoms with Gasteiger partial charge in [0.2, 0.25) is 5.91 Å². The Morgan fingerprint density at radius 1 is 0.886 bits per heavy atom. The zero-order valence-corrected chi connectivity index (χ0v) is 21.0. The predicted octanol–water partition coefficient (Wildman–Crippen LogP) is 5.65. The van der Waals surface area contributed by atoms with Crippen LogP contribution in [0.15, 0.2) is 36.7 Å². The number of piperidine rings is 1. The van der Waals surface area contributed by atoms with Gasteiger partial charge in [-0.3, -0.25) is 4.79 Å². The molecular weight excluding hydrogens is 436 g/mol. The third kappa shape index (κ3) is 4.74. The molecule has 4 fully saturated rings. The topological polar surface area (TPSA) is 50.6 Å². The zero-order valence-electron chi connectivity index (χ0n) is 21.0. The molecule has 3 saturated heterocycles. The third-order valence-electron chi connectivity index (χ3n) is 9.12. The SMILES string of the molecule is O=C1N(CC2CCN(c3ccc(-c4cnn(C5CCCCO5)c4)cc3)CC2)CCC12CCCCC2. The maximum atomic E-state index is 13.2. The molecule has 0 N–H and O–H groups in total. The lowest BCUT2D eigenvalue weighted by atomic mass is 9.73. The van der Waals surface area contributed by atoms with Crippen molar-refractivity contribution in [3.05, 3.63) is 36.7 Å². The Labute approximate surface area is 209 Å². The summed E-state index contributed by atoms with van der Waals surface area (Å²) < 4.78 is 7.85. The van der Waals surface area contributed by atoms with Crippen molar-refractivity contribution in [1.82, 2.24) is 14.7 Å². The van der Waals surface area contributed by atoms with Crippen LogP contribution < -0.4 is 4.90 Å². The summed E-state index contributed by atoms with van der Waals surface area (Å²) in [5.74, 6) is 1.12. The summed E-state index contributed by atoms with van der Waals surface area (Å²) in [4.78, 5) is 17.9. The van der Waals surface area contributed by atoms with Crippen LogP contribution in [0.1, 0.15) is 76.9 Å². The molecule has 1 atom stereocenters. The van der Waals surface area contributed by atoms with Crippen LogP contribution in [0.2, 0.25) is 0 Å². The molecule has 6 rings (SSSR count). The van der Waals surface area contributed by atoms with Gasteiger partial charge in [-0.05, 0) is 75.0 Å². The van der Waals surface area contributed by atoms with E-state index in [1.54, 1.807) is 0 Å². The standard InChI is InChI=1S/C29H40N4O2/c34-28-29(13-3-1-4-14-29)15-18-32(28)21-23-11-16-31(17-12-23)26-9-7-24(8-10-26)25-20-30-33(22-25)27-6-2-5-19-35-27/h7-10,20,22-23,27H,1-6,11-19,21H2. The molecule has 1 amide bonds. The first-order chi connectivity index (χ1) is 17.2. The lowest BCUT2D eigenvalue weighted by Crippen LogP contribution is -2.41. The van der Waals surface area contributed by atoms with Gasteiger partial charge in [-0.25, -0.2) is 4.68 Å². The first-order valence-corrected chi connectivity index (χ1v) is 14.0. The highest BCUT2D eigenvalue weighted by Crippen LogP contribution is 2.45. The van der Waals surface area contributed by atoms with Gasteiger partial charge in [0.1, 0.15) is 6.23 Å². The fraction of sp³-hybridized carbons (Fsp3) is 0.655. The monoisotopic (exact) mass is 476 g/mol. The van der Waals surface area contributed by atoms with E-state index in [-0.39, 0.29) is 11.6 Å². The highest BCUT2D eigenvalue weighted by Gasteiger charge is 2.47. The quantitative estimate of drug-likeness (QED) is 0.560. The van der Waals surface area contributed by atoms with Crippen molar-refractivity contribution in [2.45, 2.75) is 76.9 Å². The molecule has 6 heteroatoms. The molecule has 1 saturated carbocycles. The Morgan fingerprint density at radius 3 is 2.43 bits per heavy atom. The molecule has 1 spiro atoms. The molecular formula is C29H40N4O2. The Hall–Kier alpha value is -2.34. The average molecular weight is 477 g/mol. The summed E-state index contributed by atoms with van der Waals surface area (Å²) in [6.07, 6.45) is 17.1. The first-order valence-electron chi connectivity index (χ1n) is 14.0. The molecule has 3 aliphatic heterocycles. The largest absolute Gasteiger partial charge is 0.372 e. The molecule has 1 aromatic heterocycles. The van der Waals surface area contributed by atoms with E-state index in [1.807, 2.05) is 10.9 Å². The number of carbonyl (C=O) groups is 1. The molecule has 6 nitrogen and oxygen atoms in total. The minimum atomic E-state index is 0.0145. The number of aromatic nitrogens is 2. The van der Waals surface area contributed by atoms with Gasteiger partial charge >= 0.3 is 0 Å². The number of anilines is 1. The fourth-order valence-electron chi connectivity index (χ4n) is 6.89. The average Bonchev–Trinajstić information content (AvgIpc) is 3.52. The van der Waals surface area contributed by atoms with Gasteiger partial charge in [-0.1, -0.05) is 31.4 Å². The number of likely N-dealkylation sites (tertiary alicyclic amines) is 1. The number of amides is 1. The van der Waals surface area contributed by atoms with Gasteiger partial charge in [0.15, 0.2) is 0 Å². The van der Waals surface area contributed by atoms with Gasteiger partial charge in [0.25, 0.3) is 0 Å². The van der Waals surface area contributed by atoms with Crippen LogP contribution in [-0.2, 0) is 9.53 Å². The van der Waals surface area contributed by atoms with Crippen molar-refractivity contribution in [3.8, 4) is 11.1 Å².